The van der Waals surface area contributed by atoms with E-state index in [0.717, 1.165) is 28.5 Å². The van der Waals surface area contributed by atoms with Crippen LogP contribution in [-0.4, -0.2) is 23.7 Å². The van der Waals surface area contributed by atoms with Crippen LogP contribution >= 0.6 is 11.8 Å². The lowest BCUT2D eigenvalue weighted by Crippen LogP contribution is -2.42. The minimum atomic E-state index is -0.270. The third-order valence-electron chi connectivity index (χ3n) is 5.70. The van der Waals surface area contributed by atoms with Crippen molar-refractivity contribution in [2.45, 2.75) is 33.2 Å². The van der Waals surface area contributed by atoms with E-state index in [1.54, 1.807) is 12.1 Å². The molecular weight excluding hydrogens is 380 g/mol. The molecule has 0 saturated carbocycles. The van der Waals surface area contributed by atoms with Crippen LogP contribution in [0.4, 0.5) is 16.2 Å². The fourth-order valence-corrected chi connectivity index (χ4v) is 4.71. The van der Waals surface area contributed by atoms with Crippen LogP contribution < -0.4 is 9.80 Å². The first-order chi connectivity index (χ1) is 13.7. The van der Waals surface area contributed by atoms with Crippen molar-refractivity contribution in [1.29, 1.82) is 0 Å². The Balaban J connectivity index is 1.74. The van der Waals surface area contributed by atoms with Crippen LogP contribution in [0.15, 0.2) is 53.4 Å². The summed E-state index contributed by atoms with van der Waals surface area (Å²) < 4.78 is 0. The summed E-state index contributed by atoms with van der Waals surface area (Å²) in [5.74, 6) is -0.270. The lowest BCUT2D eigenvalue weighted by Gasteiger charge is -2.41. The van der Waals surface area contributed by atoms with Gasteiger partial charge in [0.05, 0.1) is 16.1 Å². The second-order valence-electron chi connectivity index (χ2n) is 8.12. The number of hydrogen-bond acceptors (Lipinski definition) is 4. The van der Waals surface area contributed by atoms with E-state index in [9.17, 15) is 9.59 Å². The van der Waals surface area contributed by atoms with Gasteiger partial charge in [0.2, 0.25) is 0 Å². The first-order valence-corrected chi connectivity index (χ1v) is 10.4. The number of hydrogen-bond donors (Lipinski definition) is 0. The second-order valence-corrected chi connectivity index (χ2v) is 9.11. The van der Waals surface area contributed by atoms with E-state index >= 15 is 0 Å². The van der Waals surface area contributed by atoms with Gasteiger partial charge in [0.25, 0.3) is 11.1 Å². The lowest BCUT2D eigenvalue weighted by molar-refractivity contribution is -0.113. The topological polar surface area (TPSA) is 40.6 Å². The van der Waals surface area contributed by atoms with Crippen LogP contribution in [0.2, 0.25) is 0 Å². The largest absolute Gasteiger partial charge is 0.365 e. The van der Waals surface area contributed by atoms with E-state index in [-0.39, 0.29) is 16.7 Å². The molecule has 0 aromatic heterocycles. The summed E-state index contributed by atoms with van der Waals surface area (Å²) in [6.45, 7) is 8.56. The molecule has 2 aromatic carbocycles. The highest BCUT2D eigenvalue weighted by Crippen LogP contribution is 2.41. The maximum atomic E-state index is 12.9. The SMILES string of the molecule is CC1=CC(C)(C)N(C)c2cc(C)c(/C=C3\SC(=O)N(c4ccccc4)C3=O)cc21. The van der Waals surface area contributed by atoms with Crippen molar-refractivity contribution in [2.24, 2.45) is 0 Å². The van der Waals surface area contributed by atoms with Gasteiger partial charge in [-0.25, -0.2) is 4.90 Å². The van der Waals surface area contributed by atoms with Gasteiger partial charge in [-0.2, -0.15) is 0 Å². The van der Waals surface area contributed by atoms with Gasteiger partial charge in [-0.1, -0.05) is 24.3 Å². The van der Waals surface area contributed by atoms with Gasteiger partial charge in [-0.15, -0.1) is 0 Å². The van der Waals surface area contributed by atoms with Gasteiger partial charge >= 0.3 is 0 Å². The number of benzene rings is 2. The molecule has 1 fully saturated rings. The minimum absolute atomic E-state index is 0.0522. The zero-order valence-corrected chi connectivity index (χ0v) is 18.1. The molecule has 29 heavy (non-hydrogen) atoms. The number of para-hydroxylation sites is 1. The normalized spacial score (nSPS) is 19.6. The molecule has 5 heteroatoms. The lowest BCUT2D eigenvalue weighted by atomic mass is 9.87. The molecule has 148 valence electrons. The van der Waals surface area contributed by atoms with Crippen LogP contribution in [0.3, 0.4) is 0 Å². The molecule has 0 spiro atoms. The number of anilines is 2. The number of aryl methyl sites for hydroxylation is 1. The van der Waals surface area contributed by atoms with Crippen molar-refractivity contribution in [3.05, 3.63) is 70.1 Å². The number of fused-ring (bicyclic) bond motifs is 1. The van der Waals surface area contributed by atoms with Crippen molar-refractivity contribution in [1.82, 2.24) is 0 Å². The van der Waals surface area contributed by atoms with Gasteiger partial charge in [0.15, 0.2) is 0 Å². The molecule has 2 heterocycles. The van der Waals surface area contributed by atoms with E-state index < -0.39 is 0 Å². The van der Waals surface area contributed by atoms with Crippen molar-refractivity contribution >= 4 is 45.9 Å². The molecule has 0 radical (unpaired) electrons. The molecule has 0 unspecified atom stereocenters. The highest BCUT2D eigenvalue weighted by molar-refractivity contribution is 8.19. The molecule has 2 aliphatic heterocycles. The third kappa shape index (κ3) is 3.29. The fraction of sp³-hybridized carbons (Fsp3) is 0.250. The predicted molar refractivity (Wildman–Crippen MR) is 122 cm³/mol. The Kier molecular flexibility index (Phi) is 4.66. The summed E-state index contributed by atoms with van der Waals surface area (Å²) in [7, 11) is 2.10. The van der Waals surface area contributed by atoms with Crippen molar-refractivity contribution < 1.29 is 9.59 Å². The van der Waals surface area contributed by atoms with E-state index in [0.29, 0.717) is 10.6 Å². The summed E-state index contributed by atoms with van der Waals surface area (Å²) in [5, 5.41) is -0.263. The molecule has 0 bridgehead atoms. The van der Waals surface area contributed by atoms with Crippen molar-refractivity contribution in [3.63, 3.8) is 0 Å². The Labute approximate surface area is 175 Å². The number of nitrogens with zero attached hydrogens (tertiary/aromatic N) is 2. The number of amides is 2. The summed E-state index contributed by atoms with van der Waals surface area (Å²) in [4.78, 5) is 29.4. The zero-order valence-electron chi connectivity index (χ0n) is 17.3. The zero-order chi connectivity index (χ0) is 20.9. The minimum Gasteiger partial charge on any atom is -0.365 e. The number of carbonyl (C=O) groups is 2. The van der Waals surface area contributed by atoms with E-state index in [1.807, 2.05) is 31.2 Å². The Morgan fingerprint density at radius 1 is 1.03 bits per heavy atom. The summed E-state index contributed by atoms with van der Waals surface area (Å²) in [5.41, 5.74) is 6.14. The highest BCUT2D eigenvalue weighted by atomic mass is 32.2. The third-order valence-corrected chi connectivity index (χ3v) is 6.57. The van der Waals surface area contributed by atoms with Gasteiger partial charge in [-0.3, -0.25) is 9.59 Å². The van der Waals surface area contributed by atoms with Crippen molar-refractivity contribution in [3.8, 4) is 0 Å². The molecule has 2 aromatic rings. The number of imide groups is 1. The van der Waals surface area contributed by atoms with E-state index in [2.05, 4.69) is 50.9 Å². The molecule has 0 N–H and O–H groups in total. The van der Waals surface area contributed by atoms with Crippen LogP contribution in [0.1, 0.15) is 37.5 Å². The number of carbonyl (C=O) groups excluding carboxylic acids is 2. The average molecular weight is 405 g/mol. The first kappa shape index (κ1) is 19.5. The standard InChI is InChI=1S/C24H24N2O2S/c1-15-11-20-19(16(2)14-24(3,4)25(20)5)12-17(15)13-21-22(27)26(23(28)29-21)18-9-7-6-8-10-18/h6-14H,1-5H3/b21-13-. The molecule has 0 atom stereocenters. The maximum Gasteiger partial charge on any atom is 0.298 e. The summed E-state index contributed by atoms with van der Waals surface area (Å²) >= 11 is 0.992. The Morgan fingerprint density at radius 3 is 2.41 bits per heavy atom. The van der Waals surface area contributed by atoms with Gasteiger partial charge < -0.3 is 4.90 Å². The smallest absolute Gasteiger partial charge is 0.298 e. The number of allylic oxidation sites excluding steroid dienone is 1. The molecule has 4 rings (SSSR count). The molecular formula is C24H24N2O2S. The number of rotatable bonds is 2. The van der Waals surface area contributed by atoms with Crippen LogP contribution in [0.5, 0.6) is 0 Å². The molecule has 2 amide bonds. The number of thioether (sulfide) groups is 1. The molecule has 4 nitrogen and oxygen atoms in total. The molecule has 1 saturated heterocycles. The second kappa shape index (κ2) is 6.92. The monoisotopic (exact) mass is 404 g/mol. The quantitative estimate of drug-likeness (QED) is 0.587. The molecule has 2 aliphatic rings. The number of likely N-dealkylation sites (N-methyl/N-ethyl adjacent to an activating group) is 1. The van der Waals surface area contributed by atoms with Crippen LogP contribution in [0, 0.1) is 6.92 Å². The maximum absolute atomic E-state index is 12.9. The summed E-state index contributed by atoms with van der Waals surface area (Å²) in [6.07, 6.45) is 4.11. The van der Waals surface area contributed by atoms with Crippen LogP contribution in [0.25, 0.3) is 11.6 Å². The van der Waals surface area contributed by atoms with Gasteiger partial charge in [0, 0.05) is 18.3 Å². The molecule has 0 aliphatic carbocycles. The summed E-state index contributed by atoms with van der Waals surface area (Å²) in [6, 6.07) is 13.3. The highest BCUT2D eigenvalue weighted by Gasteiger charge is 2.36. The Bertz CT molecular complexity index is 1080. The average Bonchev–Trinajstić information content (AvgIpc) is 2.95. The van der Waals surface area contributed by atoms with E-state index in [1.165, 1.54) is 16.2 Å². The van der Waals surface area contributed by atoms with E-state index in [4.69, 9.17) is 0 Å². The van der Waals surface area contributed by atoms with Crippen LogP contribution in [-0.2, 0) is 4.79 Å². The Hall–Kier alpha value is -2.79. The van der Waals surface area contributed by atoms with Gasteiger partial charge in [0.1, 0.15) is 0 Å². The van der Waals surface area contributed by atoms with Crippen molar-refractivity contribution in [2.75, 3.05) is 16.8 Å². The fourth-order valence-electron chi connectivity index (χ4n) is 3.88. The first-order valence-electron chi connectivity index (χ1n) is 9.60. The predicted octanol–water partition coefficient (Wildman–Crippen LogP) is 5.87. The Morgan fingerprint density at radius 2 is 1.72 bits per heavy atom. The van der Waals surface area contributed by atoms with Gasteiger partial charge in [-0.05, 0) is 86.5 Å².